The highest BCUT2D eigenvalue weighted by atomic mass is 16.5. The van der Waals surface area contributed by atoms with Crippen LogP contribution in [0.3, 0.4) is 0 Å². The van der Waals surface area contributed by atoms with Crippen molar-refractivity contribution in [3.05, 3.63) is 53.6 Å². The van der Waals surface area contributed by atoms with Crippen LogP contribution in [0.4, 0.5) is 0 Å². The number of fused-ring (bicyclic) bond motifs is 2. The molecule has 0 radical (unpaired) electrons. The van der Waals surface area contributed by atoms with Crippen molar-refractivity contribution in [1.82, 2.24) is 25.0 Å². The number of aromatic nitrogens is 3. The van der Waals surface area contributed by atoms with Crippen molar-refractivity contribution in [3.8, 4) is 5.75 Å². The van der Waals surface area contributed by atoms with Gasteiger partial charge in [-0.25, -0.2) is 0 Å². The van der Waals surface area contributed by atoms with Gasteiger partial charge in [0.25, 0.3) is 0 Å². The van der Waals surface area contributed by atoms with Crippen molar-refractivity contribution in [2.75, 3.05) is 20.2 Å². The van der Waals surface area contributed by atoms with E-state index in [0.717, 1.165) is 50.0 Å². The summed E-state index contributed by atoms with van der Waals surface area (Å²) in [4.78, 5) is 14.6. The topological polar surface area (TPSA) is 72.3 Å². The number of benzene rings is 2. The van der Waals surface area contributed by atoms with E-state index in [9.17, 15) is 4.79 Å². The zero-order valence-electron chi connectivity index (χ0n) is 18.8. The highest BCUT2D eigenvalue weighted by Gasteiger charge is 2.24. The van der Waals surface area contributed by atoms with Gasteiger partial charge in [0.1, 0.15) is 11.6 Å². The minimum atomic E-state index is -0.166. The van der Waals surface area contributed by atoms with Crippen LogP contribution in [-0.4, -0.2) is 45.8 Å². The summed E-state index contributed by atoms with van der Waals surface area (Å²) in [5.41, 5.74) is 1.22. The Morgan fingerprint density at radius 2 is 1.90 bits per heavy atom. The minimum Gasteiger partial charge on any atom is -0.496 e. The standard InChI is InChI=1S/C24H31N5O2/c1-16(2)24(30)25-17(3)23-27-26-22-11-12-28(13-14-29(22)23)15-20-19-8-6-5-7-18(19)9-10-21(20)31-4/h5-10,16-17H,11-15H2,1-4H3,(H,25,30). The van der Waals surface area contributed by atoms with Crippen molar-refractivity contribution in [1.29, 1.82) is 0 Å². The number of methoxy groups -OCH3 is 1. The van der Waals surface area contributed by atoms with Crippen LogP contribution in [0.1, 0.15) is 44.0 Å². The van der Waals surface area contributed by atoms with Gasteiger partial charge in [-0.15, -0.1) is 10.2 Å². The third-order valence-electron chi connectivity index (χ3n) is 6.02. The molecule has 164 valence electrons. The highest BCUT2D eigenvalue weighted by Crippen LogP contribution is 2.29. The van der Waals surface area contributed by atoms with Gasteiger partial charge in [-0.1, -0.05) is 44.2 Å². The molecule has 1 N–H and O–H groups in total. The van der Waals surface area contributed by atoms with Crippen LogP contribution < -0.4 is 10.1 Å². The fourth-order valence-corrected chi connectivity index (χ4v) is 4.21. The molecule has 4 rings (SSSR count). The molecule has 0 saturated heterocycles. The van der Waals surface area contributed by atoms with Gasteiger partial charge >= 0.3 is 0 Å². The Kier molecular flexibility index (Phi) is 6.23. The third-order valence-corrected chi connectivity index (χ3v) is 6.02. The van der Waals surface area contributed by atoms with Crippen molar-refractivity contribution in [2.45, 2.75) is 46.3 Å². The average molecular weight is 422 g/mol. The van der Waals surface area contributed by atoms with E-state index in [1.165, 1.54) is 16.3 Å². The van der Waals surface area contributed by atoms with E-state index in [0.29, 0.717) is 0 Å². The Bertz CT molecular complexity index is 1080. The first-order valence-electron chi connectivity index (χ1n) is 11.0. The smallest absolute Gasteiger partial charge is 0.223 e. The summed E-state index contributed by atoms with van der Waals surface area (Å²) < 4.78 is 7.86. The van der Waals surface area contributed by atoms with Crippen LogP contribution in [0.2, 0.25) is 0 Å². The molecule has 1 aliphatic heterocycles. The molecule has 0 spiro atoms. The average Bonchev–Trinajstić information content (AvgIpc) is 3.08. The quantitative estimate of drug-likeness (QED) is 0.661. The fraction of sp³-hybridized carbons (Fsp3) is 0.458. The van der Waals surface area contributed by atoms with Crippen LogP contribution in [0, 0.1) is 5.92 Å². The van der Waals surface area contributed by atoms with Crippen LogP contribution in [-0.2, 0) is 24.3 Å². The Balaban J connectivity index is 1.52. The molecule has 0 saturated carbocycles. The van der Waals surface area contributed by atoms with E-state index >= 15 is 0 Å². The Hall–Kier alpha value is -2.93. The first-order valence-corrected chi connectivity index (χ1v) is 11.0. The molecule has 1 aromatic heterocycles. The first kappa shape index (κ1) is 21.3. The molecule has 0 aliphatic carbocycles. The van der Waals surface area contributed by atoms with E-state index in [1.807, 2.05) is 20.8 Å². The molecule has 31 heavy (non-hydrogen) atoms. The predicted octanol–water partition coefficient (Wildman–Crippen LogP) is 3.33. The maximum Gasteiger partial charge on any atom is 0.223 e. The lowest BCUT2D eigenvalue weighted by Gasteiger charge is -2.22. The largest absolute Gasteiger partial charge is 0.496 e. The van der Waals surface area contributed by atoms with Gasteiger partial charge in [-0.2, -0.15) is 0 Å². The van der Waals surface area contributed by atoms with Crippen LogP contribution in [0.15, 0.2) is 36.4 Å². The molecule has 0 bridgehead atoms. The molecule has 3 aromatic rings. The first-order chi connectivity index (χ1) is 15.0. The number of carbonyl (C=O) groups is 1. The molecule has 7 nitrogen and oxygen atoms in total. The summed E-state index contributed by atoms with van der Waals surface area (Å²) >= 11 is 0. The Morgan fingerprint density at radius 3 is 2.68 bits per heavy atom. The van der Waals surface area contributed by atoms with Crippen molar-refractivity contribution in [2.24, 2.45) is 5.92 Å². The summed E-state index contributed by atoms with van der Waals surface area (Å²) in [6, 6.07) is 12.5. The molecule has 1 amide bonds. The summed E-state index contributed by atoms with van der Waals surface area (Å²) in [5, 5.41) is 14.3. The molecule has 2 heterocycles. The van der Waals surface area contributed by atoms with Gasteiger partial charge < -0.3 is 14.6 Å². The zero-order chi connectivity index (χ0) is 22.0. The van der Waals surface area contributed by atoms with Crippen LogP contribution in [0.25, 0.3) is 10.8 Å². The molecule has 1 aliphatic rings. The number of rotatable bonds is 6. The number of nitrogens with one attached hydrogen (secondary N) is 1. The van der Waals surface area contributed by atoms with Crippen molar-refractivity contribution >= 4 is 16.7 Å². The molecular formula is C24H31N5O2. The summed E-state index contributed by atoms with van der Waals surface area (Å²) in [6.07, 6.45) is 0.824. The van der Waals surface area contributed by atoms with Crippen LogP contribution >= 0.6 is 0 Å². The Morgan fingerprint density at radius 1 is 1.10 bits per heavy atom. The normalized spacial score (nSPS) is 15.5. The number of amides is 1. The number of hydrogen-bond donors (Lipinski definition) is 1. The lowest BCUT2D eigenvalue weighted by molar-refractivity contribution is -0.124. The van der Waals surface area contributed by atoms with E-state index in [1.54, 1.807) is 7.11 Å². The van der Waals surface area contributed by atoms with Gasteiger partial charge in [0, 0.05) is 44.1 Å². The minimum absolute atomic E-state index is 0.0307. The Labute approximate surface area is 183 Å². The van der Waals surface area contributed by atoms with E-state index in [-0.39, 0.29) is 17.9 Å². The summed E-state index contributed by atoms with van der Waals surface area (Å²) in [6.45, 7) is 9.16. The lowest BCUT2D eigenvalue weighted by Crippen LogP contribution is -2.32. The van der Waals surface area contributed by atoms with E-state index < -0.39 is 0 Å². The lowest BCUT2D eigenvalue weighted by atomic mass is 10.0. The van der Waals surface area contributed by atoms with Gasteiger partial charge in [-0.3, -0.25) is 9.69 Å². The van der Waals surface area contributed by atoms with Crippen molar-refractivity contribution in [3.63, 3.8) is 0 Å². The maximum atomic E-state index is 12.1. The molecule has 0 fully saturated rings. The molecule has 1 unspecified atom stereocenters. The molecule has 1 atom stereocenters. The molecule has 2 aromatic carbocycles. The number of ether oxygens (including phenoxy) is 1. The number of hydrogen-bond acceptors (Lipinski definition) is 5. The van der Waals surface area contributed by atoms with Gasteiger partial charge in [0.15, 0.2) is 5.82 Å². The monoisotopic (exact) mass is 421 g/mol. The second kappa shape index (κ2) is 9.06. The SMILES string of the molecule is COc1ccc2ccccc2c1CN1CCc2nnc(C(C)NC(=O)C(C)C)n2CC1. The summed E-state index contributed by atoms with van der Waals surface area (Å²) in [7, 11) is 1.73. The third kappa shape index (κ3) is 4.42. The highest BCUT2D eigenvalue weighted by molar-refractivity contribution is 5.87. The predicted molar refractivity (Wildman–Crippen MR) is 121 cm³/mol. The fourth-order valence-electron chi connectivity index (χ4n) is 4.21. The number of nitrogens with zero attached hydrogens (tertiary/aromatic N) is 4. The van der Waals surface area contributed by atoms with Gasteiger partial charge in [-0.05, 0) is 23.8 Å². The van der Waals surface area contributed by atoms with Gasteiger partial charge in [0.2, 0.25) is 5.91 Å². The second-order valence-corrected chi connectivity index (χ2v) is 8.50. The number of carbonyl (C=O) groups excluding carboxylic acids is 1. The van der Waals surface area contributed by atoms with E-state index in [2.05, 4.69) is 61.4 Å². The van der Waals surface area contributed by atoms with E-state index in [4.69, 9.17) is 4.74 Å². The molecular weight excluding hydrogens is 390 g/mol. The summed E-state index contributed by atoms with van der Waals surface area (Å²) in [5.74, 6) is 2.71. The maximum absolute atomic E-state index is 12.1. The zero-order valence-corrected chi connectivity index (χ0v) is 18.8. The van der Waals surface area contributed by atoms with Crippen molar-refractivity contribution < 1.29 is 9.53 Å². The van der Waals surface area contributed by atoms with Gasteiger partial charge in [0.05, 0.1) is 13.2 Å². The van der Waals surface area contributed by atoms with Crippen LogP contribution in [0.5, 0.6) is 5.75 Å². The molecule has 7 heteroatoms. The second-order valence-electron chi connectivity index (χ2n) is 8.50.